The number of rotatable bonds is 7. The third-order valence-corrected chi connectivity index (χ3v) is 5.18. The van der Waals surface area contributed by atoms with E-state index in [1.807, 2.05) is 0 Å². The van der Waals surface area contributed by atoms with Gasteiger partial charge >= 0.3 is 17.8 Å². The maximum atomic E-state index is 12.5. The second kappa shape index (κ2) is 12.1. The number of carbonyl (C=O) groups is 3. The third kappa shape index (κ3) is 6.97. The number of carbonyl (C=O) groups excluding carboxylic acids is 3. The summed E-state index contributed by atoms with van der Waals surface area (Å²) < 4.78 is 15.9. The lowest BCUT2D eigenvalue weighted by molar-refractivity contribution is -0.136. The van der Waals surface area contributed by atoms with Crippen LogP contribution < -0.4 is 25.0 Å². The molecule has 9 nitrogen and oxygen atoms in total. The van der Waals surface area contributed by atoms with Crippen molar-refractivity contribution < 1.29 is 28.6 Å². The van der Waals surface area contributed by atoms with Crippen molar-refractivity contribution in [3.05, 3.63) is 81.8 Å². The summed E-state index contributed by atoms with van der Waals surface area (Å²) in [7, 11) is 2.92. The molecule has 0 aliphatic heterocycles. The number of halogens is 2. The number of hydrogen-bond acceptors (Lipinski definition) is 7. The Morgan fingerprint density at radius 1 is 0.806 bits per heavy atom. The second-order valence-corrected chi connectivity index (χ2v) is 8.11. The molecular weight excluding hydrogens is 509 g/mol. The molecule has 0 unspecified atom stereocenters. The van der Waals surface area contributed by atoms with Gasteiger partial charge in [0.15, 0.2) is 11.5 Å². The van der Waals surface area contributed by atoms with Crippen molar-refractivity contribution in [1.82, 2.24) is 5.43 Å². The van der Waals surface area contributed by atoms with Gasteiger partial charge in [0.05, 0.1) is 25.5 Å². The lowest BCUT2D eigenvalue weighted by atomic mass is 10.1. The highest BCUT2D eigenvalue weighted by Crippen LogP contribution is 2.29. The molecule has 0 saturated carbocycles. The first-order chi connectivity index (χ1) is 17.2. The van der Waals surface area contributed by atoms with Crippen molar-refractivity contribution in [2.24, 2.45) is 5.10 Å². The van der Waals surface area contributed by atoms with Gasteiger partial charge in [-0.3, -0.25) is 9.59 Å². The number of hydrogen-bond donors (Lipinski definition) is 2. The molecular formula is C25H21Cl2N3O6. The number of nitrogens with zero attached hydrogens (tertiary/aromatic N) is 1. The lowest BCUT2D eigenvalue weighted by Crippen LogP contribution is -2.32. The van der Waals surface area contributed by atoms with E-state index in [0.717, 1.165) is 0 Å². The maximum absolute atomic E-state index is 12.5. The first kappa shape index (κ1) is 26.5. The molecule has 0 aliphatic carbocycles. The van der Waals surface area contributed by atoms with Gasteiger partial charge in [-0.15, -0.1) is 0 Å². The summed E-state index contributed by atoms with van der Waals surface area (Å²) >= 11 is 11.8. The number of ether oxygens (including phenoxy) is 3. The average Bonchev–Trinajstić information content (AvgIpc) is 2.86. The fraction of sp³-hybridized carbons (Fsp3) is 0.120. The molecule has 2 N–H and O–H groups in total. The van der Waals surface area contributed by atoms with Gasteiger partial charge < -0.3 is 19.5 Å². The molecule has 0 aromatic heterocycles. The van der Waals surface area contributed by atoms with Gasteiger partial charge in [0.1, 0.15) is 5.75 Å². The van der Waals surface area contributed by atoms with E-state index in [2.05, 4.69) is 15.8 Å². The molecule has 36 heavy (non-hydrogen) atoms. The van der Waals surface area contributed by atoms with E-state index in [0.29, 0.717) is 32.6 Å². The van der Waals surface area contributed by atoms with Crippen LogP contribution in [0.4, 0.5) is 5.69 Å². The van der Waals surface area contributed by atoms with Gasteiger partial charge in [0.25, 0.3) is 0 Å². The van der Waals surface area contributed by atoms with Gasteiger partial charge in [-0.2, -0.15) is 5.10 Å². The van der Waals surface area contributed by atoms with E-state index in [-0.39, 0.29) is 17.2 Å². The van der Waals surface area contributed by atoms with E-state index in [9.17, 15) is 14.4 Å². The number of amides is 2. The van der Waals surface area contributed by atoms with Crippen LogP contribution in [0.2, 0.25) is 10.0 Å². The van der Waals surface area contributed by atoms with Crippen LogP contribution in [-0.2, 0) is 9.59 Å². The predicted molar refractivity (Wildman–Crippen MR) is 136 cm³/mol. The van der Waals surface area contributed by atoms with E-state index < -0.39 is 17.8 Å². The Bertz CT molecular complexity index is 1320. The standard InChI is InChI=1S/C25H21Cl2N3O6/c1-14(29-30-24(32)23(31)28-19-12-17(26)11-18(27)13-19)15-7-8-21(22(10-15)35-3)36-25(33)16-5-4-6-20(9-16)34-2/h4-13H,1-3H3,(H,28,31)(H,30,32). The minimum atomic E-state index is -0.999. The Kier molecular flexibility index (Phi) is 8.88. The third-order valence-electron chi connectivity index (χ3n) is 4.74. The molecule has 0 heterocycles. The topological polar surface area (TPSA) is 115 Å². The van der Waals surface area contributed by atoms with Gasteiger partial charge in [-0.1, -0.05) is 29.3 Å². The minimum absolute atomic E-state index is 0.186. The first-order valence-electron chi connectivity index (χ1n) is 10.4. The molecule has 0 saturated heterocycles. The van der Waals surface area contributed by atoms with Crippen LogP contribution in [0.15, 0.2) is 65.8 Å². The zero-order valence-corrected chi connectivity index (χ0v) is 20.9. The Labute approximate surface area is 216 Å². The number of hydrazone groups is 1. The number of benzene rings is 3. The van der Waals surface area contributed by atoms with Crippen molar-refractivity contribution in [2.45, 2.75) is 6.92 Å². The van der Waals surface area contributed by atoms with E-state index in [1.54, 1.807) is 43.3 Å². The highest BCUT2D eigenvalue weighted by atomic mass is 35.5. The summed E-state index contributed by atoms with van der Waals surface area (Å²) in [5.74, 6) is -1.58. The molecule has 0 bridgehead atoms. The summed E-state index contributed by atoms with van der Waals surface area (Å²) in [6.45, 7) is 1.62. The Hall–Kier alpha value is -4.08. The summed E-state index contributed by atoms with van der Waals surface area (Å²) in [6, 6.07) is 15.7. The SMILES string of the molecule is COc1cccc(C(=O)Oc2ccc(C(C)=NNC(=O)C(=O)Nc3cc(Cl)cc(Cl)c3)cc2OC)c1. The van der Waals surface area contributed by atoms with Crippen LogP contribution >= 0.6 is 23.2 Å². The maximum Gasteiger partial charge on any atom is 0.343 e. The van der Waals surface area contributed by atoms with Gasteiger partial charge in [-0.05, 0) is 61.5 Å². The molecule has 0 radical (unpaired) electrons. The Morgan fingerprint density at radius 2 is 1.53 bits per heavy atom. The molecule has 2 amide bonds. The van der Waals surface area contributed by atoms with Crippen LogP contribution in [0.25, 0.3) is 0 Å². The second-order valence-electron chi connectivity index (χ2n) is 7.24. The van der Waals surface area contributed by atoms with Crippen molar-refractivity contribution in [2.75, 3.05) is 19.5 Å². The largest absolute Gasteiger partial charge is 0.497 e. The normalized spacial score (nSPS) is 10.9. The fourth-order valence-electron chi connectivity index (χ4n) is 2.95. The lowest BCUT2D eigenvalue weighted by Gasteiger charge is -2.11. The average molecular weight is 530 g/mol. The van der Waals surface area contributed by atoms with Crippen molar-refractivity contribution >= 4 is 52.4 Å². The highest BCUT2D eigenvalue weighted by Gasteiger charge is 2.16. The molecule has 11 heteroatoms. The van der Waals surface area contributed by atoms with Crippen LogP contribution in [0.1, 0.15) is 22.8 Å². The quantitative estimate of drug-likeness (QED) is 0.150. The predicted octanol–water partition coefficient (Wildman–Crippen LogP) is 4.71. The molecule has 3 rings (SSSR count). The van der Waals surface area contributed by atoms with Gasteiger partial charge in [-0.25, -0.2) is 10.2 Å². The van der Waals surface area contributed by atoms with E-state index >= 15 is 0 Å². The first-order valence-corrected chi connectivity index (χ1v) is 11.1. The number of methoxy groups -OCH3 is 2. The van der Waals surface area contributed by atoms with Crippen molar-refractivity contribution in [3.8, 4) is 17.2 Å². The number of esters is 1. The van der Waals surface area contributed by atoms with Gasteiger partial charge in [0.2, 0.25) is 0 Å². The van der Waals surface area contributed by atoms with E-state index in [1.165, 1.54) is 38.5 Å². The fourth-order valence-corrected chi connectivity index (χ4v) is 3.48. The zero-order chi connectivity index (χ0) is 26.2. The smallest absolute Gasteiger partial charge is 0.343 e. The number of anilines is 1. The summed E-state index contributed by atoms with van der Waals surface area (Å²) in [4.78, 5) is 36.8. The highest BCUT2D eigenvalue weighted by molar-refractivity contribution is 6.40. The zero-order valence-electron chi connectivity index (χ0n) is 19.4. The van der Waals surface area contributed by atoms with Crippen molar-refractivity contribution in [1.29, 1.82) is 0 Å². The monoisotopic (exact) mass is 529 g/mol. The van der Waals surface area contributed by atoms with Crippen LogP contribution in [0.3, 0.4) is 0 Å². The molecule has 3 aromatic carbocycles. The minimum Gasteiger partial charge on any atom is -0.497 e. The molecule has 3 aromatic rings. The Balaban J connectivity index is 1.67. The summed E-state index contributed by atoms with van der Waals surface area (Å²) in [5.41, 5.74) is 3.66. The molecule has 0 atom stereocenters. The number of nitrogens with one attached hydrogen (secondary N) is 2. The van der Waals surface area contributed by atoms with Crippen LogP contribution in [0.5, 0.6) is 17.2 Å². The summed E-state index contributed by atoms with van der Waals surface area (Å²) in [5, 5.41) is 6.95. The summed E-state index contributed by atoms with van der Waals surface area (Å²) in [6.07, 6.45) is 0. The van der Waals surface area contributed by atoms with Crippen molar-refractivity contribution in [3.63, 3.8) is 0 Å². The molecule has 186 valence electrons. The van der Waals surface area contributed by atoms with E-state index in [4.69, 9.17) is 37.4 Å². The van der Waals surface area contributed by atoms with Crippen LogP contribution in [-0.4, -0.2) is 37.7 Å². The Morgan fingerprint density at radius 3 is 2.19 bits per heavy atom. The van der Waals surface area contributed by atoms with Gasteiger partial charge in [0, 0.05) is 21.3 Å². The molecule has 0 fully saturated rings. The molecule has 0 aliphatic rings. The molecule has 0 spiro atoms. The van der Waals surface area contributed by atoms with Crippen LogP contribution in [0, 0.1) is 0 Å².